The predicted molar refractivity (Wildman–Crippen MR) is 75.1 cm³/mol. The Balaban J connectivity index is 2.33. The minimum absolute atomic E-state index is 0.118. The molecule has 0 saturated carbocycles. The Bertz CT molecular complexity index is 853. The standard InChI is InChI=1S/C13H11ClN4O2/c1-2-9-15-13-16-11(19)10(12(20)18(13)17-9)7-4-3-5-8(14)6-7/h3-6,20H,2H2,1H3,(H,15,16,17,19). The van der Waals surface area contributed by atoms with Crippen molar-refractivity contribution in [3.8, 4) is 17.0 Å². The second-order valence-corrected chi connectivity index (χ2v) is 4.72. The number of nitrogens with one attached hydrogen (secondary N) is 1. The minimum Gasteiger partial charge on any atom is -0.493 e. The predicted octanol–water partition coefficient (Wildman–Crippen LogP) is 2.01. The molecule has 1 aromatic carbocycles. The van der Waals surface area contributed by atoms with Crippen molar-refractivity contribution in [2.45, 2.75) is 13.3 Å². The minimum atomic E-state index is -0.438. The molecule has 0 bridgehead atoms. The van der Waals surface area contributed by atoms with Crippen molar-refractivity contribution in [2.75, 3.05) is 0 Å². The molecule has 0 amide bonds. The summed E-state index contributed by atoms with van der Waals surface area (Å²) < 4.78 is 1.22. The first-order chi connectivity index (χ1) is 9.60. The average molecular weight is 291 g/mol. The lowest BCUT2D eigenvalue weighted by Gasteiger charge is -2.05. The van der Waals surface area contributed by atoms with E-state index >= 15 is 0 Å². The van der Waals surface area contributed by atoms with Crippen LogP contribution >= 0.6 is 11.6 Å². The first-order valence-corrected chi connectivity index (χ1v) is 6.44. The molecule has 102 valence electrons. The van der Waals surface area contributed by atoms with E-state index in [2.05, 4.69) is 15.1 Å². The maximum Gasteiger partial charge on any atom is 0.264 e. The number of hydrogen-bond acceptors (Lipinski definition) is 4. The van der Waals surface area contributed by atoms with Crippen molar-refractivity contribution >= 4 is 17.4 Å². The van der Waals surface area contributed by atoms with Crippen LogP contribution < -0.4 is 5.56 Å². The highest BCUT2D eigenvalue weighted by atomic mass is 35.5. The third-order valence-electron chi connectivity index (χ3n) is 2.96. The van der Waals surface area contributed by atoms with E-state index in [9.17, 15) is 9.90 Å². The third kappa shape index (κ3) is 1.94. The van der Waals surface area contributed by atoms with E-state index in [1.54, 1.807) is 24.3 Å². The van der Waals surface area contributed by atoms with Gasteiger partial charge in [0.15, 0.2) is 5.82 Å². The molecule has 0 radical (unpaired) electrons. The number of hydrogen-bond donors (Lipinski definition) is 2. The van der Waals surface area contributed by atoms with Gasteiger partial charge in [-0.05, 0) is 17.7 Å². The number of benzene rings is 1. The first kappa shape index (κ1) is 12.7. The SMILES string of the molecule is CCc1nc2[nH]c(=O)c(-c3cccc(Cl)c3)c(O)n2n1. The fraction of sp³-hybridized carbons (Fsp3) is 0.154. The van der Waals surface area contributed by atoms with E-state index in [1.165, 1.54) is 4.52 Å². The number of nitrogens with zero attached hydrogens (tertiary/aromatic N) is 3. The maximum absolute atomic E-state index is 12.1. The molecule has 6 nitrogen and oxygen atoms in total. The van der Waals surface area contributed by atoms with Gasteiger partial charge in [0.05, 0.1) is 0 Å². The lowest BCUT2D eigenvalue weighted by Crippen LogP contribution is -2.12. The quantitative estimate of drug-likeness (QED) is 0.756. The highest BCUT2D eigenvalue weighted by molar-refractivity contribution is 6.30. The number of rotatable bonds is 2. The molecular weight excluding hydrogens is 280 g/mol. The average Bonchev–Trinajstić information content (AvgIpc) is 2.82. The van der Waals surface area contributed by atoms with Gasteiger partial charge in [-0.3, -0.25) is 9.78 Å². The molecule has 0 aliphatic rings. The molecule has 2 heterocycles. The van der Waals surface area contributed by atoms with Crippen LogP contribution in [0.25, 0.3) is 16.9 Å². The molecule has 0 unspecified atom stereocenters. The molecule has 20 heavy (non-hydrogen) atoms. The van der Waals surface area contributed by atoms with Gasteiger partial charge in [0, 0.05) is 11.4 Å². The van der Waals surface area contributed by atoms with Crippen LogP contribution in [0.4, 0.5) is 0 Å². The molecule has 7 heteroatoms. The molecule has 3 rings (SSSR count). The molecule has 2 aromatic heterocycles. The molecular formula is C13H11ClN4O2. The Morgan fingerprint density at radius 3 is 2.95 bits per heavy atom. The molecule has 0 atom stereocenters. The van der Waals surface area contributed by atoms with Crippen molar-refractivity contribution in [3.63, 3.8) is 0 Å². The summed E-state index contributed by atoms with van der Waals surface area (Å²) in [7, 11) is 0. The molecule has 2 N–H and O–H groups in total. The largest absolute Gasteiger partial charge is 0.493 e. The molecule has 0 fully saturated rings. The van der Waals surface area contributed by atoms with Gasteiger partial charge in [-0.2, -0.15) is 9.50 Å². The Labute approximate surface area is 118 Å². The summed E-state index contributed by atoms with van der Waals surface area (Å²) in [6, 6.07) is 6.70. The molecule has 0 aliphatic heterocycles. The van der Waals surface area contributed by atoms with Crippen LogP contribution in [0.3, 0.4) is 0 Å². The summed E-state index contributed by atoms with van der Waals surface area (Å²) in [6.45, 7) is 1.89. The van der Waals surface area contributed by atoms with Crippen molar-refractivity contribution in [1.29, 1.82) is 0 Å². The summed E-state index contributed by atoms with van der Waals surface area (Å²) in [4.78, 5) is 18.8. The highest BCUT2D eigenvalue weighted by Gasteiger charge is 2.16. The Morgan fingerprint density at radius 2 is 2.25 bits per heavy atom. The highest BCUT2D eigenvalue weighted by Crippen LogP contribution is 2.27. The van der Waals surface area contributed by atoms with E-state index in [1.807, 2.05) is 6.92 Å². The van der Waals surface area contributed by atoms with Gasteiger partial charge in [0.2, 0.25) is 11.7 Å². The van der Waals surface area contributed by atoms with Gasteiger partial charge in [0.25, 0.3) is 5.56 Å². The van der Waals surface area contributed by atoms with Crippen LogP contribution in [-0.2, 0) is 6.42 Å². The zero-order valence-corrected chi connectivity index (χ0v) is 11.3. The van der Waals surface area contributed by atoms with Gasteiger partial charge < -0.3 is 5.11 Å². The van der Waals surface area contributed by atoms with E-state index < -0.39 is 5.56 Å². The molecule has 3 aromatic rings. The summed E-state index contributed by atoms with van der Waals surface area (Å²) in [6.07, 6.45) is 0.607. The number of aromatic nitrogens is 4. The topological polar surface area (TPSA) is 83.3 Å². The number of aromatic hydroxyl groups is 1. The van der Waals surface area contributed by atoms with E-state index in [0.29, 0.717) is 22.8 Å². The number of halogens is 1. The summed E-state index contributed by atoms with van der Waals surface area (Å²) in [5.74, 6) is 0.507. The van der Waals surface area contributed by atoms with Gasteiger partial charge in [-0.25, -0.2) is 0 Å². The van der Waals surface area contributed by atoms with Gasteiger partial charge >= 0.3 is 0 Å². The van der Waals surface area contributed by atoms with Crippen molar-refractivity contribution < 1.29 is 5.11 Å². The van der Waals surface area contributed by atoms with Crippen LogP contribution in [0, 0.1) is 0 Å². The van der Waals surface area contributed by atoms with Crippen LogP contribution in [0.2, 0.25) is 5.02 Å². The first-order valence-electron chi connectivity index (χ1n) is 6.07. The lowest BCUT2D eigenvalue weighted by atomic mass is 10.1. The van der Waals surface area contributed by atoms with Gasteiger partial charge in [-0.1, -0.05) is 30.7 Å². The van der Waals surface area contributed by atoms with E-state index in [0.717, 1.165) is 0 Å². The summed E-state index contributed by atoms with van der Waals surface area (Å²) in [5, 5.41) is 14.9. The number of aryl methyl sites for hydroxylation is 1. The number of fused-ring (bicyclic) bond motifs is 1. The summed E-state index contributed by atoms with van der Waals surface area (Å²) >= 11 is 5.92. The van der Waals surface area contributed by atoms with Crippen LogP contribution in [0.1, 0.15) is 12.7 Å². The maximum atomic E-state index is 12.1. The monoisotopic (exact) mass is 290 g/mol. The lowest BCUT2D eigenvalue weighted by molar-refractivity contribution is 0.436. The molecule has 0 aliphatic carbocycles. The van der Waals surface area contributed by atoms with E-state index in [4.69, 9.17) is 11.6 Å². The Kier molecular flexibility index (Phi) is 2.94. The second-order valence-electron chi connectivity index (χ2n) is 4.28. The smallest absolute Gasteiger partial charge is 0.264 e. The van der Waals surface area contributed by atoms with Crippen LogP contribution in [0.15, 0.2) is 29.1 Å². The fourth-order valence-electron chi connectivity index (χ4n) is 2.01. The fourth-order valence-corrected chi connectivity index (χ4v) is 2.20. The Hall–Kier alpha value is -2.34. The third-order valence-corrected chi connectivity index (χ3v) is 3.19. The van der Waals surface area contributed by atoms with Gasteiger partial charge in [0.1, 0.15) is 5.56 Å². The second kappa shape index (κ2) is 4.64. The Morgan fingerprint density at radius 1 is 1.45 bits per heavy atom. The van der Waals surface area contributed by atoms with Crippen LogP contribution in [-0.4, -0.2) is 24.7 Å². The van der Waals surface area contributed by atoms with Crippen LogP contribution in [0.5, 0.6) is 5.88 Å². The zero-order valence-electron chi connectivity index (χ0n) is 10.6. The van der Waals surface area contributed by atoms with E-state index in [-0.39, 0.29) is 17.2 Å². The number of H-pyrrole nitrogens is 1. The number of aromatic amines is 1. The normalized spacial score (nSPS) is 11.1. The molecule has 0 saturated heterocycles. The van der Waals surface area contributed by atoms with Crippen molar-refractivity contribution in [2.24, 2.45) is 0 Å². The molecule has 0 spiro atoms. The zero-order chi connectivity index (χ0) is 14.3. The summed E-state index contributed by atoms with van der Waals surface area (Å²) in [5.41, 5.74) is 0.201. The van der Waals surface area contributed by atoms with Gasteiger partial charge in [-0.15, -0.1) is 5.10 Å². The van der Waals surface area contributed by atoms with Crippen molar-refractivity contribution in [3.05, 3.63) is 45.5 Å². The van der Waals surface area contributed by atoms with Crippen molar-refractivity contribution in [1.82, 2.24) is 19.6 Å².